The molecule has 0 atom stereocenters. The van der Waals surface area contributed by atoms with E-state index in [4.69, 9.17) is 10.8 Å². The van der Waals surface area contributed by atoms with Crippen molar-refractivity contribution in [1.29, 1.82) is 0 Å². The Labute approximate surface area is 124 Å². The fourth-order valence-corrected chi connectivity index (χ4v) is 2.58. The highest BCUT2D eigenvalue weighted by Crippen LogP contribution is 2.33. The van der Waals surface area contributed by atoms with E-state index in [1.54, 1.807) is 0 Å². The molecular formula is C14H15F3N2O3. The van der Waals surface area contributed by atoms with Crippen molar-refractivity contribution in [2.24, 2.45) is 0 Å². The SMILES string of the molecule is Nc1cc(C(F)(F)F)cc(C(=O)O)c1C(=O)NC1CCCC1. The molecule has 0 unspecified atom stereocenters. The van der Waals surface area contributed by atoms with E-state index in [9.17, 15) is 22.8 Å². The van der Waals surface area contributed by atoms with E-state index in [1.807, 2.05) is 0 Å². The second-order valence-corrected chi connectivity index (χ2v) is 5.25. The van der Waals surface area contributed by atoms with Crippen molar-refractivity contribution in [2.75, 3.05) is 5.73 Å². The van der Waals surface area contributed by atoms with Crippen molar-refractivity contribution in [2.45, 2.75) is 37.9 Å². The number of carboxylic acids is 1. The van der Waals surface area contributed by atoms with Gasteiger partial charge in [-0.1, -0.05) is 12.8 Å². The fraction of sp³-hybridized carbons (Fsp3) is 0.429. The maximum atomic E-state index is 12.7. The average Bonchev–Trinajstić information content (AvgIpc) is 2.89. The van der Waals surface area contributed by atoms with Gasteiger partial charge in [-0.15, -0.1) is 0 Å². The Morgan fingerprint density at radius 2 is 1.82 bits per heavy atom. The summed E-state index contributed by atoms with van der Waals surface area (Å²) in [7, 11) is 0. The molecule has 8 heteroatoms. The lowest BCUT2D eigenvalue weighted by molar-refractivity contribution is -0.137. The molecular weight excluding hydrogens is 301 g/mol. The largest absolute Gasteiger partial charge is 0.478 e. The Morgan fingerprint density at radius 1 is 1.23 bits per heavy atom. The minimum atomic E-state index is -4.74. The molecule has 1 aliphatic carbocycles. The van der Waals surface area contributed by atoms with Gasteiger partial charge in [0.25, 0.3) is 5.91 Å². The molecule has 2 rings (SSSR count). The second kappa shape index (κ2) is 5.86. The number of hydrogen-bond acceptors (Lipinski definition) is 3. The molecule has 120 valence electrons. The van der Waals surface area contributed by atoms with Crippen molar-refractivity contribution in [1.82, 2.24) is 5.32 Å². The zero-order valence-electron chi connectivity index (χ0n) is 11.5. The van der Waals surface area contributed by atoms with Gasteiger partial charge in [0.05, 0.1) is 16.7 Å². The van der Waals surface area contributed by atoms with Crippen molar-refractivity contribution >= 4 is 17.6 Å². The van der Waals surface area contributed by atoms with Gasteiger partial charge >= 0.3 is 12.1 Å². The monoisotopic (exact) mass is 316 g/mol. The summed E-state index contributed by atoms with van der Waals surface area (Å²) in [6.45, 7) is 0. The van der Waals surface area contributed by atoms with Crippen LogP contribution in [-0.4, -0.2) is 23.0 Å². The van der Waals surface area contributed by atoms with Crippen LogP contribution in [0.5, 0.6) is 0 Å². The molecule has 0 spiro atoms. The predicted octanol–water partition coefficient (Wildman–Crippen LogP) is 2.66. The molecule has 1 aliphatic rings. The van der Waals surface area contributed by atoms with Crippen molar-refractivity contribution in [3.8, 4) is 0 Å². The third-order valence-corrected chi connectivity index (χ3v) is 3.64. The maximum Gasteiger partial charge on any atom is 0.416 e. The van der Waals surface area contributed by atoms with Crippen molar-refractivity contribution in [3.05, 3.63) is 28.8 Å². The first-order chi connectivity index (χ1) is 10.2. The number of aromatic carboxylic acids is 1. The first-order valence-electron chi connectivity index (χ1n) is 6.75. The van der Waals surface area contributed by atoms with Crippen LogP contribution < -0.4 is 11.1 Å². The zero-order chi connectivity index (χ0) is 16.5. The normalized spacial score (nSPS) is 15.8. The molecule has 0 heterocycles. The number of carbonyl (C=O) groups is 2. The molecule has 0 aromatic heterocycles. The van der Waals surface area contributed by atoms with Gasteiger partial charge in [-0.2, -0.15) is 13.2 Å². The molecule has 1 fully saturated rings. The van der Waals surface area contributed by atoms with Crippen LogP contribution in [0.4, 0.5) is 18.9 Å². The van der Waals surface area contributed by atoms with E-state index in [0.717, 1.165) is 25.7 Å². The zero-order valence-corrected chi connectivity index (χ0v) is 11.5. The van der Waals surface area contributed by atoms with Gasteiger partial charge in [0, 0.05) is 11.7 Å². The number of hydrogen-bond donors (Lipinski definition) is 3. The summed E-state index contributed by atoms with van der Waals surface area (Å²) in [4.78, 5) is 23.4. The van der Waals surface area contributed by atoms with Gasteiger partial charge in [-0.25, -0.2) is 4.79 Å². The molecule has 0 saturated heterocycles. The lowest BCUT2D eigenvalue weighted by Crippen LogP contribution is -2.34. The summed E-state index contributed by atoms with van der Waals surface area (Å²) in [5, 5.41) is 11.7. The number of benzene rings is 1. The topological polar surface area (TPSA) is 92.4 Å². The molecule has 0 aliphatic heterocycles. The van der Waals surface area contributed by atoms with E-state index in [-0.39, 0.29) is 6.04 Å². The number of amides is 1. The first-order valence-corrected chi connectivity index (χ1v) is 6.75. The molecule has 1 saturated carbocycles. The van der Waals surface area contributed by atoms with E-state index in [2.05, 4.69) is 5.32 Å². The van der Waals surface area contributed by atoms with Crippen molar-refractivity contribution in [3.63, 3.8) is 0 Å². The van der Waals surface area contributed by atoms with Crippen molar-refractivity contribution < 1.29 is 27.9 Å². The molecule has 5 nitrogen and oxygen atoms in total. The molecule has 4 N–H and O–H groups in total. The van der Waals surface area contributed by atoms with Crippen LogP contribution >= 0.6 is 0 Å². The van der Waals surface area contributed by atoms with Gasteiger partial charge in [0.15, 0.2) is 0 Å². The molecule has 1 aromatic rings. The number of halogens is 3. The number of carboxylic acid groups (broad SMARTS) is 1. The quantitative estimate of drug-likeness (QED) is 0.748. The number of anilines is 1. The van der Waals surface area contributed by atoms with E-state index in [1.165, 1.54) is 0 Å². The van der Waals surface area contributed by atoms with E-state index < -0.39 is 40.4 Å². The molecule has 22 heavy (non-hydrogen) atoms. The minimum absolute atomic E-state index is 0.101. The molecule has 0 radical (unpaired) electrons. The van der Waals surface area contributed by atoms with Crippen LogP contribution in [0.1, 0.15) is 52.0 Å². The highest BCUT2D eigenvalue weighted by molar-refractivity contribution is 6.08. The van der Waals surface area contributed by atoms with E-state index in [0.29, 0.717) is 12.1 Å². The summed E-state index contributed by atoms with van der Waals surface area (Å²) in [6, 6.07) is 0.911. The summed E-state index contributed by atoms with van der Waals surface area (Å²) in [6.07, 6.45) is -1.33. The van der Waals surface area contributed by atoms with Crippen LogP contribution in [0.2, 0.25) is 0 Å². The van der Waals surface area contributed by atoms with Gasteiger partial charge in [0.1, 0.15) is 0 Å². The molecule has 1 amide bonds. The Kier molecular flexibility index (Phi) is 4.30. The summed E-state index contributed by atoms with van der Waals surface area (Å²) in [5.41, 5.74) is 2.64. The summed E-state index contributed by atoms with van der Waals surface area (Å²) in [5.74, 6) is -2.38. The van der Waals surface area contributed by atoms with Gasteiger partial charge in [-0.05, 0) is 25.0 Å². The smallest absolute Gasteiger partial charge is 0.416 e. The Bertz CT molecular complexity index is 608. The fourth-order valence-electron chi connectivity index (χ4n) is 2.58. The van der Waals surface area contributed by atoms with Gasteiger partial charge in [0.2, 0.25) is 0 Å². The van der Waals surface area contributed by atoms with Crippen LogP contribution in [0.15, 0.2) is 12.1 Å². The number of carbonyl (C=O) groups excluding carboxylic acids is 1. The van der Waals surface area contributed by atoms with Gasteiger partial charge in [-0.3, -0.25) is 4.79 Å². The van der Waals surface area contributed by atoms with Crippen LogP contribution in [-0.2, 0) is 6.18 Å². The highest BCUT2D eigenvalue weighted by atomic mass is 19.4. The Balaban J connectivity index is 2.41. The standard InChI is InChI=1S/C14H15F3N2O3/c15-14(16,17)7-5-9(13(21)22)11(10(18)6-7)12(20)19-8-3-1-2-4-8/h5-6,8H,1-4,18H2,(H,19,20)(H,21,22). The van der Waals surface area contributed by atoms with Crippen LogP contribution in [0.3, 0.4) is 0 Å². The van der Waals surface area contributed by atoms with E-state index >= 15 is 0 Å². The summed E-state index contributed by atoms with van der Waals surface area (Å²) < 4.78 is 38.2. The second-order valence-electron chi connectivity index (χ2n) is 5.25. The third-order valence-electron chi connectivity index (χ3n) is 3.64. The lowest BCUT2D eigenvalue weighted by atomic mass is 10.00. The minimum Gasteiger partial charge on any atom is -0.478 e. The summed E-state index contributed by atoms with van der Waals surface area (Å²) >= 11 is 0. The predicted molar refractivity (Wildman–Crippen MR) is 72.5 cm³/mol. The third kappa shape index (κ3) is 3.32. The number of nitrogens with one attached hydrogen (secondary N) is 1. The molecule has 1 aromatic carbocycles. The lowest BCUT2D eigenvalue weighted by Gasteiger charge is -2.16. The number of alkyl halides is 3. The number of nitrogen functional groups attached to an aromatic ring is 1. The first kappa shape index (κ1) is 16.1. The average molecular weight is 316 g/mol. The number of rotatable bonds is 3. The number of nitrogens with two attached hydrogens (primary N) is 1. The van der Waals surface area contributed by atoms with Gasteiger partial charge < -0.3 is 16.2 Å². The molecule has 0 bridgehead atoms. The highest BCUT2D eigenvalue weighted by Gasteiger charge is 2.34. The maximum absolute atomic E-state index is 12.7. The Morgan fingerprint density at radius 3 is 2.32 bits per heavy atom. The van der Waals surface area contributed by atoms with Crippen LogP contribution in [0.25, 0.3) is 0 Å². The van der Waals surface area contributed by atoms with Crippen LogP contribution in [0, 0.1) is 0 Å². The Hall–Kier alpha value is -2.25.